The molecule has 17 heavy (non-hydrogen) atoms. The van der Waals surface area contributed by atoms with Crippen LogP contribution in [0.15, 0.2) is 18.2 Å². The Morgan fingerprint density at radius 3 is 1.94 bits per heavy atom. The highest BCUT2D eigenvalue weighted by Crippen LogP contribution is 2.20. The van der Waals surface area contributed by atoms with Gasteiger partial charge in [-0.15, -0.1) is 0 Å². The van der Waals surface area contributed by atoms with Crippen LogP contribution in [-0.4, -0.2) is 11.1 Å². The molecule has 0 saturated carbocycles. The van der Waals surface area contributed by atoms with Crippen molar-refractivity contribution in [2.24, 2.45) is 0 Å². The van der Waals surface area contributed by atoms with Gasteiger partial charge in [0.05, 0.1) is 5.56 Å². The largest absolute Gasteiger partial charge is 0.478 e. The maximum Gasteiger partial charge on any atom is 0.335 e. The minimum atomic E-state index is -0.844. The number of hydrogen-bond donors (Lipinski definition) is 1. The summed E-state index contributed by atoms with van der Waals surface area (Å²) in [6.07, 6.45) is 0. The Kier molecular flexibility index (Phi) is 10.5. The highest BCUT2D eigenvalue weighted by Gasteiger charge is 2.11. The van der Waals surface area contributed by atoms with Gasteiger partial charge in [0.1, 0.15) is 0 Å². The fourth-order valence-electron chi connectivity index (χ4n) is 1.35. The molecule has 0 radical (unpaired) electrons. The Morgan fingerprint density at radius 2 is 1.59 bits per heavy atom. The highest BCUT2D eigenvalue weighted by molar-refractivity contribution is 5.89. The molecule has 0 aromatic heterocycles. The summed E-state index contributed by atoms with van der Waals surface area (Å²) in [4.78, 5) is 10.8. The van der Waals surface area contributed by atoms with Crippen LogP contribution in [0.3, 0.4) is 0 Å². The molecule has 0 atom stereocenters. The number of rotatable bonds is 2. The lowest BCUT2D eigenvalue weighted by molar-refractivity contribution is 0.0695. The van der Waals surface area contributed by atoms with Crippen molar-refractivity contribution in [3.8, 4) is 0 Å². The number of hydrogen-bond acceptors (Lipinski definition) is 1. The van der Waals surface area contributed by atoms with Gasteiger partial charge in [0.2, 0.25) is 0 Å². The number of carboxylic acids is 1. The summed E-state index contributed by atoms with van der Waals surface area (Å²) in [5, 5.41) is 8.91. The van der Waals surface area contributed by atoms with Crippen LogP contribution in [0.2, 0.25) is 0 Å². The molecule has 2 heteroatoms. The van der Waals surface area contributed by atoms with Gasteiger partial charge in [0.25, 0.3) is 0 Å². The second kappa shape index (κ2) is 9.88. The average molecular weight is 238 g/mol. The predicted octanol–water partition coefficient (Wildman–Crippen LogP) is 4.87. The number of benzene rings is 1. The second-order valence-corrected chi connectivity index (χ2v) is 3.55. The maximum atomic E-state index is 10.8. The van der Waals surface area contributed by atoms with Crippen molar-refractivity contribution in [1.29, 1.82) is 0 Å². The van der Waals surface area contributed by atoms with E-state index in [1.165, 1.54) is 0 Å². The van der Waals surface area contributed by atoms with Crippen molar-refractivity contribution in [2.45, 2.75) is 54.4 Å². The topological polar surface area (TPSA) is 37.3 Å². The van der Waals surface area contributed by atoms with Gasteiger partial charge in [-0.2, -0.15) is 0 Å². The fourth-order valence-corrected chi connectivity index (χ4v) is 1.35. The molecule has 1 aromatic carbocycles. The minimum Gasteiger partial charge on any atom is -0.478 e. The summed E-state index contributed by atoms with van der Waals surface area (Å²) in [5.41, 5.74) is 2.43. The van der Waals surface area contributed by atoms with E-state index in [9.17, 15) is 4.79 Å². The summed E-state index contributed by atoms with van der Waals surface area (Å²) in [6, 6.07) is 5.44. The SMILES string of the molecule is CC.CC.Cc1ccc(C(=O)O)c(C(C)C)c1. The minimum absolute atomic E-state index is 0.256. The predicted molar refractivity (Wildman–Crippen MR) is 74.9 cm³/mol. The smallest absolute Gasteiger partial charge is 0.335 e. The van der Waals surface area contributed by atoms with Gasteiger partial charge < -0.3 is 5.11 Å². The van der Waals surface area contributed by atoms with Crippen LogP contribution in [0.5, 0.6) is 0 Å². The summed E-state index contributed by atoms with van der Waals surface area (Å²) < 4.78 is 0. The van der Waals surface area contributed by atoms with Crippen molar-refractivity contribution in [3.05, 3.63) is 34.9 Å². The van der Waals surface area contributed by atoms with Crippen molar-refractivity contribution in [1.82, 2.24) is 0 Å². The van der Waals surface area contributed by atoms with Crippen LogP contribution < -0.4 is 0 Å². The van der Waals surface area contributed by atoms with Crippen molar-refractivity contribution < 1.29 is 9.90 Å². The van der Waals surface area contributed by atoms with Gasteiger partial charge in [-0.05, 0) is 24.5 Å². The zero-order valence-corrected chi connectivity index (χ0v) is 12.2. The Bertz CT molecular complexity index is 328. The maximum absolute atomic E-state index is 10.8. The Balaban J connectivity index is 0. The number of aryl methyl sites for hydroxylation is 1. The van der Waals surface area contributed by atoms with Crippen molar-refractivity contribution in [3.63, 3.8) is 0 Å². The normalized spacial score (nSPS) is 8.71. The van der Waals surface area contributed by atoms with Crippen LogP contribution in [-0.2, 0) is 0 Å². The zero-order chi connectivity index (χ0) is 14.0. The first-order valence-corrected chi connectivity index (χ1v) is 6.36. The first kappa shape index (κ1) is 18.1. The summed E-state index contributed by atoms with van der Waals surface area (Å²) in [6.45, 7) is 14.0. The quantitative estimate of drug-likeness (QED) is 0.798. The molecule has 2 nitrogen and oxygen atoms in total. The third-order valence-electron chi connectivity index (χ3n) is 2.06. The number of carbonyl (C=O) groups is 1. The first-order valence-electron chi connectivity index (χ1n) is 6.36. The van der Waals surface area contributed by atoms with Crippen molar-refractivity contribution in [2.75, 3.05) is 0 Å². The molecular formula is C15H26O2. The molecule has 0 amide bonds. The Labute approximate surface area is 106 Å². The standard InChI is InChI=1S/C11H14O2.2C2H6/c1-7(2)10-6-8(3)4-5-9(10)11(12)13;2*1-2/h4-7H,1-3H3,(H,12,13);2*1-2H3. The van der Waals surface area contributed by atoms with E-state index in [1.807, 2.05) is 60.6 Å². The van der Waals surface area contributed by atoms with Crippen molar-refractivity contribution >= 4 is 5.97 Å². The highest BCUT2D eigenvalue weighted by atomic mass is 16.4. The molecule has 1 aromatic rings. The van der Waals surface area contributed by atoms with Crippen LogP contribution in [0.25, 0.3) is 0 Å². The zero-order valence-electron chi connectivity index (χ0n) is 12.2. The number of aromatic carboxylic acids is 1. The molecule has 1 rings (SSSR count). The summed E-state index contributed by atoms with van der Waals surface area (Å²) >= 11 is 0. The second-order valence-electron chi connectivity index (χ2n) is 3.55. The molecule has 98 valence electrons. The van der Waals surface area contributed by atoms with Gasteiger partial charge in [-0.25, -0.2) is 4.79 Å². The first-order chi connectivity index (χ1) is 8.02. The van der Waals surface area contributed by atoms with Gasteiger partial charge in [0, 0.05) is 0 Å². The molecule has 0 heterocycles. The summed E-state index contributed by atoms with van der Waals surface area (Å²) in [5.74, 6) is -0.588. The van der Waals surface area contributed by atoms with Gasteiger partial charge in [-0.3, -0.25) is 0 Å². The van der Waals surface area contributed by atoms with E-state index in [-0.39, 0.29) is 5.92 Å². The molecule has 0 unspecified atom stereocenters. The van der Waals surface area contributed by atoms with Crippen LogP contribution in [0.4, 0.5) is 0 Å². The summed E-state index contributed by atoms with van der Waals surface area (Å²) in [7, 11) is 0. The van der Waals surface area contributed by atoms with Gasteiger partial charge in [-0.1, -0.05) is 59.2 Å². The molecule has 0 aliphatic carbocycles. The van der Waals surface area contributed by atoms with E-state index >= 15 is 0 Å². The molecule has 0 fully saturated rings. The molecule has 1 N–H and O–H groups in total. The molecular weight excluding hydrogens is 212 g/mol. The van der Waals surface area contributed by atoms with E-state index in [2.05, 4.69) is 0 Å². The molecule has 0 aliphatic heterocycles. The third kappa shape index (κ3) is 6.10. The van der Waals surface area contributed by atoms with Gasteiger partial charge >= 0.3 is 5.97 Å². The van der Waals surface area contributed by atoms with Crippen LogP contribution in [0, 0.1) is 6.92 Å². The lowest BCUT2D eigenvalue weighted by atomic mass is 9.95. The van der Waals surface area contributed by atoms with E-state index in [4.69, 9.17) is 5.11 Å². The molecule has 0 aliphatic rings. The van der Waals surface area contributed by atoms with E-state index in [0.29, 0.717) is 5.56 Å². The lowest BCUT2D eigenvalue weighted by Crippen LogP contribution is -2.03. The van der Waals surface area contributed by atoms with E-state index < -0.39 is 5.97 Å². The van der Waals surface area contributed by atoms with E-state index in [0.717, 1.165) is 11.1 Å². The van der Waals surface area contributed by atoms with E-state index in [1.54, 1.807) is 6.07 Å². The molecule has 0 spiro atoms. The fraction of sp³-hybridized carbons (Fsp3) is 0.533. The monoisotopic (exact) mass is 238 g/mol. The number of carboxylic acid groups (broad SMARTS) is 1. The van der Waals surface area contributed by atoms with Gasteiger partial charge in [0.15, 0.2) is 0 Å². The Hall–Kier alpha value is -1.31. The third-order valence-corrected chi connectivity index (χ3v) is 2.06. The molecule has 0 bridgehead atoms. The lowest BCUT2D eigenvalue weighted by Gasteiger charge is -2.10. The molecule has 0 saturated heterocycles. The average Bonchev–Trinajstić information content (AvgIpc) is 2.33. The Morgan fingerprint density at radius 1 is 1.12 bits per heavy atom. The van der Waals surface area contributed by atoms with Crippen LogP contribution >= 0.6 is 0 Å². The van der Waals surface area contributed by atoms with Crippen LogP contribution in [0.1, 0.15) is 68.9 Å².